The van der Waals surface area contributed by atoms with Gasteiger partial charge >= 0.3 is 59.1 Å². The summed E-state index contributed by atoms with van der Waals surface area (Å²) in [4.78, 5) is 23.7. The molecule has 14 heteroatoms. The number of aliphatic hydroxyl groups excluding tert-OH is 1. The van der Waals surface area contributed by atoms with Crippen molar-refractivity contribution < 1.29 is 97.0 Å². The average molecular weight is 429 g/mol. The largest absolute Gasteiger partial charge is 1.00 e. The summed E-state index contributed by atoms with van der Waals surface area (Å²) >= 11 is 0. The molecule has 0 aromatic rings. The third-order valence-corrected chi connectivity index (χ3v) is 4.21. The number of nitrogens with two attached hydrogens (primary N) is 1. The van der Waals surface area contributed by atoms with Crippen LogP contribution in [0.4, 0.5) is 0 Å². The first-order valence-corrected chi connectivity index (χ1v) is 9.33. The van der Waals surface area contributed by atoms with Gasteiger partial charge in [-0.2, -0.15) is 8.42 Å². The van der Waals surface area contributed by atoms with E-state index in [1.165, 1.54) is 0 Å². The number of hydrogen-bond acceptors (Lipinski definition) is 10. The van der Waals surface area contributed by atoms with Crippen molar-refractivity contribution in [2.45, 2.75) is 18.9 Å². The summed E-state index contributed by atoms with van der Waals surface area (Å²) in [5.41, 5.74) is 4.91. The molecule has 0 bridgehead atoms. The molecule has 0 aromatic carbocycles. The average Bonchev–Trinajstić information content (AvgIpc) is 2.52. The van der Waals surface area contributed by atoms with E-state index in [0.717, 1.165) is 26.2 Å². The van der Waals surface area contributed by atoms with Crippen molar-refractivity contribution >= 4 is 22.1 Å². The van der Waals surface area contributed by atoms with Crippen LogP contribution in [-0.4, -0.2) is 97.5 Å². The Balaban J connectivity index is -0.000000427. The van der Waals surface area contributed by atoms with Crippen molar-refractivity contribution in [3.8, 4) is 0 Å². The van der Waals surface area contributed by atoms with Crippen LogP contribution in [0, 0.1) is 0 Å². The van der Waals surface area contributed by atoms with Crippen LogP contribution in [-0.2, 0) is 19.7 Å². The molecular formula is C13H25N3Na2O8S. The van der Waals surface area contributed by atoms with Crippen molar-refractivity contribution in [1.82, 2.24) is 9.80 Å². The molecule has 0 aliphatic carbocycles. The number of carbonyl (C=O) groups excluding carboxylic acids is 2. The molecule has 0 spiro atoms. The maximum absolute atomic E-state index is 10.5. The number of β-amino-alcohol motifs (C(OH)–C–C–N with tert-alkyl or cyclic N) is 1. The predicted molar refractivity (Wildman–Crippen MR) is 83.6 cm³/mol. The zero-order valence-electron chi connectivity index (χ0n) is 15.9. The van der Waals surface area contributed by atoms with Crippen LogP contribution in [0.5, 0.6) is 0 Å². The van der Waals surface area contributed by atoms with E-state index < -0.39 is 28.1 Å². The molecule has 1 atom stereocenters. The fraction of sp³-hybridized carbons (Fsp3) is 0.846. The molecule has 1 unspecified atom stereocenters. The maximum atomic E-state index is 10.5. The summed E-state index contributed by atoms with van der Waals surface area (Å²) in [6.45, 7) is 4.46. The Bertz CT molecular complexity index is 516. The number of carboxylic acid groups (broad SMARTS) is 2. The van der Waals surface area contributed by atoms with Crippen LogP contribution < -0.4 is 75.1 Å². The molecule has 1 fully saturated rings. The summed E-state index contributed by atoms with van der Waals surface area (Å²) in [5.74, 6) is -2.95. The van der Waals surface area contributed by atoms with Crippen LogP contribution in [0.25, 0.3) is 0 Å². The quantitative estimate of drug-likeness (QED) is 0.233. The van der Waals surface area contributed by atoms with E-state index in [-0.39, 0.29) is 84.3 Å². The van der Waals surface area contributed by atoms with E-state index in [1.54, 1.807) is 0 Å². The van der Waals surface area contributed by atoms with Crippen LogP contribution in [0.3, 0.4) is 0 Å². The second-order valence-electron chi connectivity index (χ2n) is 5.53. The first-order chi connectivity index (χ1) is 11.5. The minimum atomic E-state index is -3.84. The summed E-state index contributed by atoms with van der Waals surface area (Å²) in [7, 11) is -3.84. The second-order valence-corrected chi connectivity index (χ2v) is 7.10. The Kier molecular flexibility index (Phi) is 21.0. The minimum Gasteiger partial charge on any atom is -0.550 e. The molecule has 11 nitrogen and oxygen atoms in total. The van der Waals surface area contributed by atoms with Crippen LogP contribution >= 0.6 is 0 Å². The number of carboxylic acids is 2. The summed E-state index contributed by atoms with van der Waals surface area (Å²) in [5, 5.41) is 28.3. The van der Waals surface area contributed by atoms with Crippen LogP contribution in [0.2, 0.25) is 0 Å². The molecule has 27 heavy (non-hydrogen) atoms. The molecular weight excluding hydrogens is 404 g/mol. The summed E-state index contributed by atoms with van der Waals surface area (Å²) < 4.78 is 29.6. The fourth-order valence-corrected chi connectivity index (χ4v) is 2.50. The number of hydrogen-bond donors (Lipinski definition) is 3. The first-order valence-electron chi connectivity index (χ1n) is 7.72. The molecule has 4 N–H and O–H groups in total. The zero-order chi connectivity index (χ0) is 19.5. The van der Waals surface area contributed by atoms with E-state index >= 15 is 0 Å². The van der Waals surface area contributed by atoms with E-state index in [1.807, 2.05) is 4.90 Å². The van der Waals surface area contributed by atoms with Crippen molar-refractivity contribution in [3.05, 3.63) is 0 Å². The molecule has 0 amide bonds. The molecule has 0 radical (unpaired) electrons. The number of aliphatic carboxylic acids is 2. The van der Waals surface area contributed by atoms with E-state index in [4.69, 9.17) is 15.4 Å². The molecule has 1 aliphatic rings. The van der Waals surface area contributed by atoms with Gasteiger partial charge in [0.05, 0.1) is 18.3 Å². The smallest absolute Gasteiger partial charge is 0.550 e. The van der Waals surface area contributed by atoms with Gasteiger partial charge in [-0.25, -0.2) is 0 Å². The molecule has 1 saturated heterocycles. The van der Waals surface area contributed by atoms with Crippen molar-refractivity contribution in [3.63, 3.8) is 0 Å². The number of piperazine rings is 1. The minimum absolute atomic E-state index is 0. The van der Waals surface area contributed by atoms with Gasteiger partial charge in [-0.05, 0) is 12.8 Å². The third-order valence-electron chi connectivity index (χ3n) is 3.51. The number of nitrogens with zero attached hydrogens (tertiary/aromatic N) is 2. The summed E-state index contributed by atoms with van der Waals surface area (Å²) in [6, 6.07) is -1.21. The fourth-order valence-electron chi connectivity index (χ4n) is 2.01. The van der Waals surface area contributed by atoms with Crippen LogP contribution in [0.15, 0.2) is 0 Å². The van der Waals surface area contributed by atoms with Gasteiger partial charge in [0, 0.05) is 51.3 Å². The Morgan fingerprint density at radius 1 is 1.04 bits per heavy atom. The molecule has 1 heterocycles. The Hall–Kier alpha value is 0.690. The molecule has 0 aromatic heterocycles. The van der Waals surface area contributed by atoms with E-state index in [9.17, 15) is 28.2 Å². The van der Waals surface area contributed by atoms with Crippen molar-refractivity contribution in [2.75, 3.05) is 51.6 Å². The molecule has 148 valence electrons. The van der Waals surface area contributed by atoms with Crippen LogP contribution in [0.1, 0.15) is 12.8 Å². The maximum Gasteiger partial charge on any atom is 1.00 e. The Morgan fingerprint density at radius 2 is 1.48 bits per heavy atom. The van der Waals surface area contributed by atoms with Gasteiger partial charge in [0.2, 0.25) is 0 Å². The monoisotopic (exact) mass is 429 g/mol. The third kappa shape index (κ3) is 19.8. The normalized spacial score (nSPS) is 16.1. The molecule has 1 rings (SSSR count). The second kappa shape index (κ2) is 17.5. The number of carbonyl (C=O) groups is 2. The number of rotatable bonds is 9. The van der Waals surface area contributed by atoms with Crippen molar-refractivity contribution in [1.29, 1.82) is 0 Å². The van der Waals surface area contributed by atoms with Gasteiger partial charge in [-0.15, -0.1) is 0 Å². The number of aliphatic hydroxyl groups is 1. The molecule has 0 saturated carbocycles. The van der Waals surface area contributed by atoms with Crippen molar-refractivity contribution in [2.24, 2.45) is 5.73 Å². The van der Waals surface area contributed by atoms with Gasteiger partial charge < -0.3 is 30.6 Å². The standard InChI is InChI=1S/C8H18N2O4S.C5H9NO4.2Na/c11-7-5-9-1-3-10(4-2-9)6-8-15(12,13)14;6-3(5(9)10)1-2-4(7)8;;/h11H,1-8H2,(H,12,13,14);3H,1-2,6H2,(H,7,8)(H,9,10);;/q;;2*+1/p-2. The molecule has 1 aliphatic heterocycles. The Morgan fingerprint density at radius 3 is 1.81 bits per heavy atom. The summed E-state index contributed by atoms with van der Waals surface area (Å²) in [6.07, 6.45) is -0.500. The first kappa shape index (κ1) is 32.4. The van der Waals surface area contributed by atoms with Gasteiger partial charge in [0.25, 0.3) is 10.1 Å². The topological polar surface area (TPSA) is 187 Å². The van der Waals surface area contributed by atoms with E-state index in [0.29, 0.717) is 13.1 Å². The van der Waals surface area contributed by atoms with E-state index in [2.05, 4.69) is 4.90 Å². The van der Waals surface area contributed by atoms with Gasteiger partial charge in [-0.1, -0.05) is 0 Å². The predicted octanol–water partition coefficient (Wildman–Crippen LogP) is -10.9. The van der Waals surface area contributed by atoms with Gasteiger partial charge in [-0.3, -0.25) is 14.4 Å². The SMILES string of the molecule is NC(CCC(=O)[O-])C(=O)[O-].O=S(=O)(O)CCN1CCN(CCO)CC1.[Na+].[Na+]. The van der Waals surface area contributed by atoms with Gasteiger partial charge in [0.1, 0.15) is 0 Å². The Labute approximate surface area is 203 Å². The zero-order valence-corrected chi connectivity index (χ0v) is 20.7. The van der Waals surface area contributed by atoms with Gasteiger partial charge in [0.15, 0.2) is 0 Å².